The topological polar surface area (TPSA) is 20.2 Å². The van der Waals surface area contributed by atoms with E-state index in [-0.39, 0.29) is 6.10 Å². The first-order chi connectivity index (χ1) is 6.86. The van der Waals surface area contributed by atoms with Crippen molar-refractivity contribution in [2.24, 2.45) is 11.8 Å². The van der Waals surface area contributed by atoms with E-state index in [1.807, 2.05) is 0 Å². The van der Waals surface area contributed by atoms with Crippen molar-refractivity contribution in [3.05, 3.63) is 11.1 Å². The summed E-state index contributed by atoms with van der Waals surface area (Å²) in [6, 6.07) is 0. The molecule has 3 aliphatic rings. The minimum atomic E-state index is 0.000349. The molecule has 1 N–H and O–H groups in total. The van der Waals surface area contributed by atoms with Crippen molar-refractivity contribution in [1.82, 2.24) is 0 Å². The zero-order chi connectivity index (χ0) is 9.54. The second-order valence-electron chi connectivity index (χ2n) is 5.28. The van der Waals surface area contributed by atoms with Gasteiger partial charge in [-0.2, -0.15) is 0 Å². The van der Waals surface area contributed by atoms with Crippen molar-refractivity contribution in [3.63, 3.8) is 0 Å². The second kappa shape index (κ2) is 3.37. The highest BCUT2D eigenvalue weighted by Gasteiger charge is 2.37. The van der Waals surface area contributed by atoms with Crippen LogP contribution >= 0.6 is 0 Å². The maximum Gasteiger partial charge on any atom is 0.0608 e. The molecule has 2 saturated carbocycles. The third kappa shape index (κ3) is 1.25. The number of allylic oxidation sites excluding steroid dienone is 1. The molecule has 0 radical (unpaired) electrons. The number of rotatable bonds is 0. The predicted molar refractivity (Wildman–Crippen MR) is 56.9 cm³/mol. The summed E-state index contributed by atoms with van der Waals surface area (Å²) in [5.41, 5.74) is 3.47. The van der Waals surface area contributed by atoms with E-state index in [0.717, 1.165) is 12.3 Å². The first kappa shape index (κ1) is 8.96. The molecule has 0 heterocycles. The van der Waals surface area contributed by atoms with E-state index < -0.39 is 0 Å². The summed E-state index contributed by atoms with van der Waals surface area (Å²) < 4.78 is 0. The van der Waals surface area contributed by atoms with Crippen LogP contribution in [0.5, 0.6) is 0 Å². The molecule has 0 aromatic rings. The van der Waals surface area contributed by atoms with Crippen LogP contribution < -0.4 is 0 Å². The smallest absolute Gasteiger partial charge is 0.0608 e. The average molecular weight is 192 g/mol. The van der Waals surface area contributed by atoms with Crippen LogP contribution in [0.2, 0.25) is 0 Å². The standard InChI is InChI=1S/C13H20O/c14-13-8-7-11-10-4-2-1-3-9(10)5-6-12(11)13/h9,12-14H,1-8H2. The summed E-state index contributed by atoms with van der Waals surface area (Å²) in [4.78, 5) is 0. The Morgan fingerprint density at radius 1 is 0.857 bits per heavy atom. The summed E-state index contributed by atoms with van der Waals surface area (Å²) in [5.74, 6) is 1.49. The zero-order valence-electron chi connectivity index (χ0n) is 8.84. The van der Waals surface area contributed by atoms with Gasteiger partial charge in [0.15, 0.2) is 0 Å². The van der Waals surface area contributed by atoms with Gasteiger partial charge >= 0.3 is 0 Å². The summed E-state index contributed by atoms with van der Waals surface area (Å²) >= 11 is 0. The minimum absolute atomic E-state index is 0.000349. The Labute approximate surface area is 86.2 Å². The van der Waals surface area contributed by atoms with Crippen LogP contribution in [0.3, 0.4) is 0 Å². The SMILES string of the molecule is OC1CCC2=C3CCCCC3CCC21. The highest BCUT2D eigenvalue weighted by atomic mass is 16.3. The molecule has 3 atom stereocenters. The van der Waals surface area contributed by atoms with Crippen LogP contribution in [0.1, 0.15) is 51.4 Å². The molecule has 3 aliphatic carbocycles. The van der Waals surface area contributed by atoms with E-state index >= 15 is 0 Å². The first-order valence-corrected chi connectivity index (χ1v) is 6.26. The molecule has 14 heavy (non-hydrogen) atoms. The third-order valence-electron chi connectivity index (χ3n) is 4.60. The minimum Gasteiger partial charge on any atom is -0.392 e. The van der Waals surface area contributed by atoms with Crippen LogP contribution in [-0.2, 0) is 0 Å². The van der Waals surface area contributed by atoms with Crippen LogP contribution in [0, 0.1) is 11.8 Å². The van der Waals surface area contributed by atoms with Crippen molar-refractivity contribution < 1.29 is 5.11 Å². The molecule has 1 heteroatoms. The summed E-state index contributed by atoms with van der Waals surface area (Å²) in [6.45, 7) is 0. The maximum atomic E-state index is 9.88. The van der Waals surface area contributed by atoms with Crippen LogP contribution in [0.25, 0.3) is 0 Å². The van der Waals surface area contributed by atoms with Crippen molar-refractivity contribution in [3.8, 4) is 0 Å². The molecule has 0 aromatic carbocycles. The monoisotopic (exact) mass is 192 g/mol. The Morgan fingerprint density at radius 3 is 2.71 bits per heavy atom. The fourth-order valence-corrected chi connectivity index (χ4v) is 3.89. The second-order valence-corrected chi connectivity index (χ2v) is 5.28. The normalized spacial score (nSPS) is 42.2. The summed E-state index contributed by atoms with van der Waals surface area (Å²) in [6.07, 6.45) is 10.5. The van der Waals surface area contributed by atoms with E-state index in [4.69, 9.17) is 0 Å². The number of hydrogen-bond acceptors (Lipinski definition) is 1. The molecular weight excluding hydrogens is 172 g/mol. The Balaban J connectivity index is 1.94. The zero-order valence-corrected chi connectivity index (χ0v) is 8.84. The van der Waals surface area contributed by atoms with Crippen LogP contribution in [0.15, 0.2) is 11.1 Å². The van der Waals surface area contributed by atoms with Gasteiger partial charge in [0.25, 0.3) is 0 Å². The fraction of sp³-hybridized carbons (Fsp3) is 0.846. The molecule has 1 nitrogen and oxygen atoms in total. The lowest BCUT2D eigenvalue weighted by Crippen LogP contribution is -2.24. The highest BCUT2D eigenvalue weighted by Crippen LogP contribution is 2.48. The highest BCUT2D eigenvalue weighted by molar-refractivity contribution is 5.28. The van der Waals surface area contributed by atoms with Gasteiger partial charge in [-0.25, -0.2) is 0 Å². The molecule has 2 fully saturated rings. The summed E-state index contributed by atoms with van der Waals surface area (Å²) in [5, 5.41) is 9.88. The molecule has 78 valence electrons. The Hall–Kier alpha value is -0.300. The molecular formula is C13H20O. The van der Waals surface area contributed by atoms with E-state index in [1.54, 1.807) is 11.1 Å². The number of fused-ring (bicyclic) bond motifs is 2. The van der Waals surface area contributed by atoms with Gasteiger partial charge in [-0.15, -0.1) is 0 Å². The molecule has 0 aromatic heterocycles. The molecule has 3 unspecified atom stereocenters. The van der Waals surface area contributed by atoms with Gasteiger partial charge in [0.1, 0.15) is 0 Å². The van der Waals surface area contributed by atoms with E-state index in [0.29, 0.717) is 5.92 Å². The third-order valence-corrected chi connectivity index (χ3v) is 4.60. The van der Waals surface area contributed by atoms with Crippen molar-refractivity contribution in [2.45, 2.75) is 57.5 Å². The van der Waals surface area contributed by atoms with E-state index in [1.165, 1.54) is 44.9 Å². The quantitative estimate of drug-likeness (QED) is 0.585. The molecule has 0 bridgehead atoms. The van der Waals surface area contributed by atoms with Gasteiger partial charge in [-0.05, 0) is 50.9 Å². The lowest BCUT2D eigenvalue weighted by atomic mass is 9.71. The van der Waals surface area contributed by atoms with Crippen molar-refractivity contribution in [2.75, 3.05) is 0 Å². The molecule has 0 saturated heterocycles. The molecule has 0 spiro atoms. The molecule has 0 amide bonds. The lowest BCUT2D eigenvalue weighted by molar-refractivity contribution is 0.128. The van der Waals surface area contributed by atoms with Crippen molar-refractivity contribution in [1.29, 1.82) is 0 Å². The van der Waals surface area contributed by atoms with Gasteiger partial charge in [-0.1, -0.05) is 17.6 Å². The van der Waals surface area contributed by atoms with E-state index in [2.05, 4.69) is 0 Å². The largest absolute Gasteiger partial charge is 0.392 e. The molecule has 3 rings (SSSR count). The number of aliphatic hydroxyl groups is 1. The van der Waals surface area contributed by atoms with Gasteiger partial charge in [0, 0.05) is 5.92 Å². The first-order valence-electron chi connectivity index (χ1n) is 6.26. The lowest BCUT2D eigenvalue weighted by Gasteiger charge is -2.35. The number of hydrogen-bond donors (Lipinski definition) is 1. The van der Waals surface area contributed by atoms with Gasteiger partial charge in [0.05, 0.1) is 6.10 Å². The van der Waals surface area contributed by atoms with Crippen molar-refractivity contribution >= 4 is 0 Å². The maximum absolute atomic E-state index is 9.88. The predicted octanol–water partition coefficient (Wildman–Crippen LogP) is 3.04. The Bertz CT molecular complexity index is 262. The van der Waals surface area contributed by atoms with Crippen LogP contribution in [-0.4, -0.2) is 11.2 Å². The van der Waals surface area contributed by atoms with Gasteiger partial charge in [0.2, 0.25) is 0 Å². The Morgan fingerprint density at radius 2 is 1.79 bits per heavy atom. The fourth-order valence-electron chi connectivity index (χ4n) is 3.89. The van der Waals surface area contributed by atoms with Gasteiger partial charge < -0.3 is 5.11 Å². The Kier molecular flexibility index (Phi) is 2.16. The summed E-state index contributed by atoms with van der Waals surface area (Å²) in [7, 11) is 0. The van der Waals surface area contributed by atoms with Crippen LogP contribution in [0.4, 0.5) is 0 Å². The average Bonchev–Trinajstić information content (AvgIpc) is 2.61. The number of aliphatic hydroxyl groups excluding tert-OH is 1. The molecule has 0 aliphatic heterocycles. The van der Waals surface area contributed by atoms with Gasteiger partial charge in [-0.3, -0.25) is 0 Å². The van der Waals surface area contributed by atoms with E-state index in [9.17, 15) is 5.11 Å².